The number of hydrogen-bond acceptors (Lipinski definition) is 3. The Morgan fingerprint density at radius 1 is 1.04 bits per heavy atom. The van der Waals surface area contributed by atoms with Gasteiger partial charge in [-0.2, -0.15) is 0 Å². The fourth-order valence-electron chi connectivity index (χ4n) is 3.14. The number of amides is 1. The smallest absolute Gasteiger partial charge is 0.407 e. The van der Waals surface area contributed by atoms with Crippen LogP contribution in [0.1, 0.15) is 43.7 Å². The summed E-state index contributed by atoms with van der Waals surface area (Å²) in [5.74, 6) is 0.491. The summed E-state index contributed by atoms with van der Waals surface area (Å²) in [6.07, 6.45) is 1.51. The fraction of sp³-hybridized carbons (Fsp3) is 0.381. The Bertz CT molecular complexity index is 694. The normalized spacial score (nSPS) is 19.2. The third-order valence-corrected chi connectivity index (χ3v) is 4.62. The van der Waals surface area contributed by atoms with Crippen molar-refractivity contribution in [2.24, 2.45) is 0 Å². The summed E-state index contributed by atoms with van der Waals surface area (Å²) in [7, 11) is 0. The number of carbonyl (C=O) groups is 1. The standard InChI is InChI=1S/C21H26N2O2/c1-15(2)19-10-6-7-11-20(19)22-17-12-18(13-17)23-21(24)25-14-16-8-4-3-5-9-16/h3-11,15,17-18,22H,12-14H2,1-2H3,(H,23,24). The molecule has 4 heteroatoms. The van der Waals surface area contributed by atoms with Crippen LogP contribution in [-0.4, -0.2) is 18.2 Å². The summed E-state index contributed by atoms with van der Waals surface area (Å²) in [6, 6.07) is 18.7. The Labute approximate surface area is 149 Å². The Hall–Kier alpha value is -2.49. The van der Waals surface area contributed by atoms with Gasteiger partial charge in [0.2, 0.25) is 0 Å². The van der Waals surface area contributed by atoms with Crippen molar-refractivity contribution in [3.8, 4) is 0 Å². The molecular weight excluding hydrogens is 312 g/mol. The molecule has 0 atom stereocenters. The highest BCUT2D eigenvalue weighted by Crippen LogP contribution is 2.29. The summed E-state index contributed by atoms with van der Waals surface area (Å²) in [5, 5.41) is 6.54. The van der Waals surface area contributed by atoms with Crippen molar-refractivity contribution in [1.82, 2.24) is 5.32 Å². The fourth-order valence-corrected chi connectivity index (χ4v) is 3.14. The molecule has 0 radical (unpaired) electrons. The molecule has 132 valence electrons. The lowest BCUT2D eigenvalue weighted by atomic mass is 9.86. The van der Waals surface area contributed by atoms with E-state index in [4.69, 9.17) is 4.74 Å². The molecule has 0 saturated heterocycles. The highest BCUT2D eigenvalue weighted by molar-refractivity contribution is 5.68. The van der Waals surface area contributed by atoms with Crippen molar-refractivity contribution in [3.63, 3.8) is 0 Å². The van der Waals surface area contributed by atoms with Crippen molar-refractivity contribution in [1.29, 1.82) is 0 Å². The van der Waals surface area contributed by atoms with Gasteiger partial charge in [-0.3, -0.25) is 0 Å². The lowest BCUT2D eigenvalue weighted by molar-refractivity contribution is 0.129. The minimum absolute atomic E-state index is 0.187. The number of alkyl carbamates (subject to hydrolysis) is 1. The predicted molar refractivity (Wildman–Crippen MR) is 101 cm³/mol. The van der Waals surface area contributed by atoms with Gasteiger partial charge in [0.05, 0.1) is 0 Å². The summed E-state index contributed by atoms with van der Waals surface area (Å²) in [4.78, 5) is 11.9. The Morgan fingerprint density at radius 2 is 1.72 bits per heavy atom. The number of carbonyl (C=O) groups excluding carboxylic acids is 1. The minimum atomic E-state index is -0.338. The Kier molecular flexibility index (Phi) is 5.59. The van der Waals surface area contributed by atoms with Gasteiger partial charge in [-0.15, -0.1) is 0 Å². The highest BCUT2D eigenvalue weighted by atomic mass is 16.5. The van der Waals surface area contributed by atoms with Crippen LogP contribution < -0.4 is 10.6 Å². The molecule has 1 fully saturated rings. The van der Waals surface area contributed by atoms with E-state index in [-0.39, 0.29) is 12.1 Å². The van der Waals surface area contributed by atoms with E-state index >= 15 is 0 Å². The van der Waals surface area contributed by atoms with Crippen molar-refractivity contribution < 1.29 is 9.53 Å². The zero-order valence-corrected chi connectivity index (χ0v) is 14.9. The number of rotatable bonds is 6. The van der Waals surface area contributed by atoms with Crippen LogP contribution in [0.4, 0.5) is 10.5 Å². The van der Waals surface area contributed by atoms with E-state index in [1.807, 2.05) is 30.3 Å². The maximum atomic E-state index is 11.9. The number of para-hydroxylation sites is 1. The van der Waals surface area contributed by atoms with Crippen molar-refractivity contribution in [3.05, 3.63) is 65.7 Å². The monoisotopic (exact) mass is 338 g/mol. The average Bonchev–Trinajstić information content (AvgIpc) is 2.59. The maximum Gasteiger partial charge on any atom is 0.407 e. The number of nitrogens with one attached hydrogen (secondary N) is 2. The first-order valence-corrected chi connectivity index (χ1v) is 8.94. The van der Waals surface area contributed by atoms with Gasteiger partial charge < -0.3 is 15.4 Å². The van der Waals surface area contributed by atoms with Crippen LogP contribution >= 0.6 is 0 Å². The third kappa shape index (κ3) is 4.75. The minimum Gasteiger partial charge on any atom is -0.445 e. The van der Waals surface area contributed by atoms with Crippen LogP contribution in [0.25, 0.3) is 0 Å². The number of hydrogen-bond donors (Lipinski definition) is 2. The molecule has 4 nitrogen and oxygen atoms in total. The molecule has 25 heavy (non-hydrogen) atoms. The van der Waals surface area contributed by atoms with Gasteiger partial charge in [0, 0.05) is 17.8 Å². The molecule has 2 aromatic rings. The Morgan fingerprint density at radius 3 is 2.44 bits per heavy atom. The molecule has 2 N–H and O–H groups in total. The summed E-state index contributed by atoms with van der Waals surface area (Å²) < 4.78 is 5.27. The molecule has 1 aliphatic rings. The molecule has 0 aliphatic heterocycles. The lowest BCUT2D eigenvalue weighted by Crippen LogP contribution is -2.49. The van der Waals surface area contributed by atoms with Crippen LogP contribution in [0, 0.1) is 0 Å². The van der Waals surface area contributed by atoms with Crippen molar-refractivity contribution in [2.45, 2.75) is 51.3 Å². The van der Waals surface area contributed by atoms with Gasteiger partial charge in [-0.25, -0.2) is 4.79 Å². The summed E-state index contributed by atoms with van der Waals surface area (Å²) in [6.45, 7) is 4.71. The van der Waals surface area contributed by atoms with Gasteiger partial charge in [-0.1, -0.05) is 62.4 Å². The first-order valence-electron chi connectivity index (χ1n) is 8.94. The van der Waals surface area contributed by atoms with Crippen molar-refractivity contribution >= 4 is 11.8 Å². The third-order valence-electron chi connectivity index (χ3n) is 4.62. The van der Waals surface area contributed by atoms with Crippen LogP contribution in [-0.2, 0) is 11.3 Å². The highest BCUT2D eigenvalue weighted by Gasteiger charge is 2.31. The van der Waals surface area contributed by atoms with E-state index in [1.165, 1.54) is 11.3 Å². The quantitative estimate of drug-likeness (QED) is 0.804. The molecule has 0 spiro atoms. The second-order valence-electron chi connectivity index (χ2n) is 6.96. The summed E-state index contributed by atoms with van der Waals surface area (Å²) >= 11 is 0. The van der Waals surface area contributed by atoms with E-state index in [1.54, 1.807) is 0 Å². The molecule has 1 aliphatic carbocycles. The molecule has 2 aromatic carbocycles. The molecule has 0 aromatic heterocycles. The van der Waals surface area contributed by atoms with Gasteiger partial charge in [0.1, 0.15) is 6.61 Å². The van der Waals surface area contributed by atoms with Gasteiger partial charge in [-0.05, 0) is 36.0 Å². The average molecular weight is 338 g/mol. The second-order valence-corrected chi connectivity index (χ2v) is 6.96. The molecular formula is C21H26N2O2. The maximum absolute atomic E-state index is 11.9. The van der Waals surface area contributed by atoms with Gasteiger partial charge >= 0.3 is 6.09 Å². The molecule has 1 saturated carbocycles. The van der Waals surface area contributed by atoms with E-state index < -0.39 is 0 Å². The summed E-state index contributed by atoms with van der Waals surface area (Å²) in [5.41, 5.74) is 3.53. The van der Waals surface area contributed by atoms with Crippen LogP contribution in [0.3, 0.4) is 0 Å². The lowest BCUT2D eigenvalue weighted by Gasteiger charge is -2.37. The van der Waals surface area contributed by atoms with E-state index in [2.05, 4.69) is 48.7 Å². The molecule has 1 amide bonds. The predicted octanol–water partition coefficient (Wildman–Crippen LogP) is 4.68. The van der Waals surface area contributed by atoms with Crippen LogP contribution in [0.5, 0.6) is 0 Å². The zero-order chi connectivity index (χ0) is 17.6. The Balaban J connectivity index is 1.40. The number of benzene rings is 2. The van der Waals surface area contributed by atoms with Crippen LogP contribution in [0.2, 0.25) is 0 Å². The largest absolute Gasteiger partial charge is 0.445 e. The van der Waals surface area contributed by atoms with E-state index in [9.17, 15) is 4.79 Å². The SMILES string of the molecule is CC(C)c1ccccc1NC1CC(NC(=O)OCc2ccccc2)C1. The van der Waals surface area contributed by atoms with Crippen LogP contribution in [0.15, 0.2) is 54.6 Å². The van der Waals surface area contributed by atoms with Crippen molar-refractivity contribution in [2.75, 3.05) is 5.32 Å². The molecule has 0 bridgehead atoms. The van der Waals surface area contributed by atoms with E-state index in [0.717, 1.165) is 18.4 Å². The first kappa shape index (κ1) is 17.3. The zero-order valence-electron chi connectivity index (χ0n) is 14.9. The number of ether oxygens (including phenoxy) is 1. The molecule has 0 unspecified atom stereocenters. The molecule has 0 heterocycles. The first-order chi connectivity index (χ1) is 12.1. The second kappa shape index (κ2) is 8.06. The number of anilines is 1. The van der Waals surface area contributed by atoms with Gasteiger partial charge in [0.15, 0.2) is 0 Å². The molecule has 3 rings (SSSR count). The topological polar surface area (TPSA) is 50.4 Å². The van der Waals surface area contributed by atoms with Gasteiger partial charge in [0.25, 0.3) is 0 Å². The van der Waals surface area contributed by atoms with E-state index in [0.29, 0.717) is 18.6 Å².